The van der Waals surface area contributed by atoms with Crippen LogP contribution in [0.15, 0.2) is 54.6 Å². The molecule has 290 valence electrons. The van der Waals surface area contributed by atoms with Gasteiger partial charge in [-0.2, -0.15) is 5.21 Å². The normalized spacial score (nSPS) is 28.7. The highest BCUT2D eigenvalue weighted by Crippen LogP contribution is 2.59. The molecule has 4 rings (SSSR count). The first kappa shape index (κ1) is 41.2. The quantitative estimate of drug-likeness (QED) is 0.0919. The smallest absolute Gasteiger partial charge is 0.346 e. The Labute approximate surface area is 308 Å². The number of aromatic nitrogens is 4. The zero-order valence-corrected chi connectivity index (χ0v) is 31.1. The summed E-state index contributed by atoms with van der Waals surface area (Å²) >= 11 is 0. The molecule has 2 aliphatic rings. The summed E-state index contributed by atoms with van der Waals surface area (Å²) in [5, 5.41) is 38.0. The van der Waals surface area contributed by atoms with Crippen molar-refractivity contribution < 1.29 is 57.8 Å². The molecule has 3 heterocycles. The van der Waals surface area contributed by atoms with Gasteiger partial charge in [-0.05, 0) is 42.2 Å². The molecular formula is C37H50N4O12. The number of hydrogen-bond acceptors (Lipinski definition) is 15. The molecular weight excluding hydrogens is 692 g/mol. The van der Waals surface area contributed by atoms with Gasteiger partial charge in [-0.25, -0.2) is 14.4 Å². The Bertz CT molecular complexity index is 1640. The van der Waals surface area contributed by atoms with E-state index >= 15 is 0 Å². The van der Waals surface area contributed by atoms with E-state index in [9.17, 15) is 29.4 Å². The monoisotopic (exact) mass is 742 g/mol. The third kappa shape index (κ3) is 8.20. The zero-order chi connectivity index (χ0) is 39.1. The molecule has 16 nitrogen and oxygen atoms in total. The van der Waals surface area contributed by atoms with Crippen LogP contribution in [0.1, 0.15) is 77.8 Å². The number of rotatable bonds is 17. The summed E-state index contributed by atoms with van der Waals surface area (Å²) in [5.41, 5.74) is -4.83. The molecule has 16 heteroatoms. The summed E-state index contributed by atoms with van der Waals surface area (Å²) in [6.45, 7) is 13.4. The molecule has 0 spiro atoms. The lowest BCUT2D eigenvalue weighted by Crippen LogP contribution is -2.74. The van der Waals surface area contributed by atoms with Gasteiger partial charge in [0.05, 0.1) is 14.2 Å². The van der Waals surface area contributed by atoms with Crippen molar-refractivity contribution in [1.29, 1.82) is 0 Å². The van der Waals surface area contributed by atoms with E-state index < -0.39 is 71.1 Å². The number of esters is 4. The summed E-state index contributed by atoms with van der Waals surface area (Å²) < 4.78 is 33.9. The van der Waals surface area contributed by atoms with Gasteiger partial charge in [0.1, 0.15) is 12.2 Å². The third-order valence-electron chi connectivity index (χ3n) is 10.00. The Morgan fingerprint density at radius 2 is 1.77 bits per heavy atom. The molecule has 0 saturated carbocycles. The van der Waals surface area contributed by atoms with Crippen LogP contribution in [-0.2, 0) is 54.0 Å². The Morgan fingerprint density at radius 3 is 2.36 bits per heavy atom. The number of ether oxygens (including phenoxy) is 6. The Balaban J connectivity index is 1.78. The van der Waals surface area contributed by atoms with E-state index in [0.717, 1.165) is 38.7 Å². The van der Waals surface area contributed by atoms with Crippen LogP contribution in [0.3, 0.4) is 0 Å². The maximum atomic E-state index is 14.0. The predicted octanol–water partition coefficient (Wildman–Crippen LogP) is 2.86. The topological polar surface area (TPSA) is 219 Å². The van der Waals surface area contributed by atoms with Gasteiger partial charge in [0, 0.05) is 25.3 Å². The summed E-state index contributed by atoms with van der Waals surface area (Å²) in [6, 6.07) is 9.56. The van der Waals surface area contributed by atoms with E-state index in [2.05, 4.69) is 41.1 Å². The number of carbonyl (C=O) groups excluding carboxylic acids is 4. The van der Waals surface area contributed by atoms with Crippen LogP contribution in [0.4, 0.5) is 0 Å². The lowest BCUT2D eigenvalue weighted by Gasteiger charge is -2.50. The number of aliphatic hydroxyl groups excluding tert-OH is 1. The molecule has 0 aliphatic carbocycles. The van der Waals surface area contributed by atoms with Crippen LogP contribution in [0.5, 0.6) is 0 Å². The lowest BCUT2D eigenvalue weighted by molar-refractivity contribution is -0.384. The number of aromatic amines is 1. The second-order valence-electron chi connectivity index (χ2n) is 13.9. The Hall–Kier alpha value is -4.51. The van der Waals surface area contributed by atoms with E-state index in [1.807, 2.05) is 44.2 Å². The van der Waals surface area contributed by atoms with Crippen LogP contribution in [0.2, 0.25) is 0 Å². The highest BCUT2D eigenvalue weighted by molar-refractivity contribution is 5.95. The van der Waals surface area contributed by atoms with E-state index in [4.69, 9.17) is 28.4 Å². The largest absolute Gasteiger partial charge is 0.467 e. The van der Waals surface area contributed by atoms with E-state index in [1.165, 1.54) is 6.92 Å². The number of fused-ring (bicyclic) bond motifs is 2. The van der Waals surface area contributed by atoms with Crippen LogP contribution in [-0.4, -0.2) is 104 Å². The minimum Gasteiger partial charge on any atom is -0.467 e. The third-order valence-corrected chi connectivity index (χ3v) is 10.00. The van der Waals surface area contributed by atoms with Crippen molar-refractivity contribution in [2.75, 3.05) is 14.2 Å². The molecule has 2 bridgehead atoms. The number of nitrogens with one attached hydrogen (secondary N) is 1. The maximum absolute atomic E-state index is 14.0. The van der Waals surface area contributed by atoms with Crippen LogP contribution >= 0.6 is 0 Å². The van der Waals surface area contributed by atoms with Gasteiger partial charge in [-0.1, -0.05) is 82.3 Å². The molecule has 2 saturated heterocycles. The SMILES string of the molecule is C=C(CC[C@]12O[C@H](c3nn[nH]n3)[C@@](O)(C(=O)OC)[C@](C(=O)OC)(O1)[C@H](OC(=O)/C=C/[C@@H](C)C[C@@H](C)CC)[C@H]2O)[C@@H](OC(C)=O)[C@H](C)Cc1ccccc1. The van der Waals surface area contributed by atoms with Crippen molar-refractivity contribution >= 4 is 23.9 Å². The number of aliphatic hydroxyl groups is 2. The average Bonchev–Trinajstić information content (AvgIpc) is 3.75. The molecule has 1 aromatic carbocycles. The molecule has 0 amide bonds. The van der Waals surface area contributed by atoms with Gasteiger partial charge in [-0.15, -0.1) is 10.2 Å². The van der Waals surface area contributed by atoms with Crippen LogP contribution in [0.25, 0.3) is 0 Å². The molecule has 3 N–H and O–H groups in total. The number of benzene rings is 1. The highest BCUT2D eigenvalue weighted by atomic mass is 16.8. The Morgan fingerprint density at radius 1 is 1.09 bits per heavy atom. The van der Waals surface area contributed by atoms with Crippen LogP contribution in [0, 0.1) is 17.8 Å². The van der Waals surface area contributed by atoms with Crippen molar-refractivity contribution in [2.24, 2.45) is 17.8 Å². The summed E-state index contributed by atoms with van der Waals surface area (Å²) in [7, 11) is 1.89. The summed E-state index contributed by atoms with van der Waals surface area (Å²) in [4.78, 5) is 53.3. The van der Waals surface area contributed by atoms with E-state index in [-0.39, 0.29) is 24.7 Å². The minimum absolute atomic E-state index is 0.0409. The fraction of sp³-hybridized carbons (Fsp3) is 0.595. The standard InChI is InChI=1S/C37H50N4O12/c1-9-21(2)19-22(3)15-16-27(43)51-30-29(44)35(18-17-23(4)28(50-25(6)42)24(5)20-26-13-11-10-12-14-26)52-31(32-38-40-41-39-32)36(47,33(45)48-7)37(30,53-35)34(46)49-8/h10-16,21-22,24,28-31,44,47H,4,9,17-20H2,1-3,5-8H3,(H,38,39,40,41)/b16-15+/t21-,22+,24+,28+,29+,30+,31+,35-,36+,37-/m0/s1. The lowest BCUT2D eigenvalue weighted by atomic mass is 9.74. The maximum Gasteiger partial charge on any atom is 0.346 e. The van der Waals surface area contributed by atoms with Gasteiger partial charge in [0.15, 0.2) is 12.2 Å². The zero-order valence-electron chi connectivity index (χ0n) is 31.1. The molecule has 53 heavy (non-hydrogen) atoms. The number of H-pyrrole nitrogens is 1. The average molecular weight is 743 g/mol. The first-order valence-corrected chi connectivity index (χ1v) is 17.6. The van der Waals surface area contributed by atoms with E-state index in [0.29, 0.717) is 17.9 Å². The van der Waals surface area contributed by atoms with Gasteiger partial charge >= 0.3 is 23.9 Å². The minimum atomic E-state index is -3.22. The van der Waals surface area contributed by atoms with E-state index in [1.54, 1.807) is 6.08 Å². The van der Waals surface area contributed by atoms with Gasteiger partial charge < -0.3 is 38.6 Å². The predicted molar refractivity (Wildman–Crippen MR) is 185 cm³/mol. The van der Waals surface area contributed by atoms with Crippen molar-refractivity contribution in [1.82, 2.24) is 20.6 Å². The summed E-state index contributed by atoms with van der Waals surface area (Å²) in [6.07, 6.45) is -2.39. The van der Waals surface area contributed by atoms with Crippen molar-refractivity contribution in [3.63, 3.8) is 0 Å². The molecule has 0 unspecified atom stereocenters. The molecule has 2 aliphatic heterocycles. The van der Waals surface area contributed by atoms with Gasteiger partial charge in [0.2, 0.25) is 17.2 Å². The number of nitrogens with zero attached hydrogens (tertiary/aromatic N) is 3. The molecule has 1 aromatic heterocycles. The molecule has 0 radical (unpaired) electrons. The fourth-order valence-corrected chi connectivity index (χ4v) is 7.15. The summed E-state index contributed by atoms with van der Waals surface area (Å²) in [5.74, 6) is -7.11. The highest BCUT2D eigenvalue weighted by Gasteiger charge is 2.85. The number of carbonyl (C=O) groups is 4. The number of allylic oxidation sites excluding steroid dienone is 1. The van der Waals surface area contributed by atoms with Crippen molar-refractivity contribution in [2.45, 2.75) is 108 Å². The number of tetrazole rings is 1. The fourth-order valence-electron chi connectivity index (χ4n) is 7.15. The second-order valence-corrected chi connectivity index (χ2v) is 13.9. The first-order chi connectivity index (χ1) is 25.1. The van der Waals surface area contributed by atoms with Crippen molar-refractivity contribution in [3.05, 3.63) is 66.0 Å². The molecule has 10 atom stereocenters. The van der Waals surface area contributed by atoms with Crippen molar-refractivity contribution in [3.8, 4) is 0 Å². The Kier molecular flexibility index (Phi) is 13.3. The van der Waals surface area contributed by atoms with Gasteiger partial charge in [0.25, 0.3) is 5.60 Å². The first-order valence-electron chi connectivity index (χ1n) is 17.6. The van der Waals surface area contributed by atoms with Gasteiger partial charge in [-0.3, -0.25) is 4.79 Å². The molecule has 2 aromatic rings. The number of hydrogen-bond donors (Lipinski definition) is 3. The molecule has 2 fully saturated rings. The van der Waals surface area contributed by atoms with Crippen LogP contribution < -0.4 is 0 Å². The number of methoxy groups -OCH3 is 2. The second kappa shape index (κ2) is 17.1.